The van der Waals surface area contributed by atoms with E-state index in [0.29, 0.717) is 0 Å². The predicted octanol–water partition coefficient (Wildman–Crippen LogP) is 9.24. The van der Waals surface area contributed by atoms with Gasteiger partial charge in [0.2, 0.25) is 0 Å². The lowest BCUT2D eigenvalue weighted by Gasteiger charge is -2.17. The van der Waals surface area contributed by atoms with E-state index in [1.54, 1.807) is 0 Å². The summed E-state index contributed by atoms with van der Waals surface area (Å²) in [5, 5.41) is 0. The zero-order valence-electron chi connectivity index (χ0n) is 16.6. The van der Waals surface area contributed by atoms with Crippen LogP contribution in [0.5, 0.6) is 0 Å². The van der Waals surface area contributed by atoms with E-state index >= 15 is 0 Å². The van der Waals surface area contributed by atoms with Gasteiger partial charge < -0.3 is 0 Å². The first-order valence-electron chi connectivity index (χ1n) is 9.93. The predicted molar refractivity (Wildman–Crippen MR) is 153 cm³/mol. The highest BCUT2D eigenvalue weighted by Gasteiger charge is 2.18. The highest BCUT2D eigenvalue weighted by Crippen LogP contribution is 2.54. The van der Waals surface area contributed by atoms with E-state index in [2.05, 4.69) is 137 Å². The van der Waals surface area contributed by atoms with Gasteiger partial charge in [0.1, 0.15) is 0 Å². The largest absolute Gasteiger partial charge is 0.0894 e. The minimum absolute atomic E-state index is 0.118. The molecular formula is C27H19IS3. The molecule has 0 fully saturated rings. The Kier molecular flexibility index (Phi) is 6.69. The van der Waals surface area contributed by atoms with Crippen LogP contribution in [0.2, 0.25) is 0 Å². The standard InChI is InChI=1S/C27H19IS3/c28-31-25(19-27(30-31)22-14-8-3-9-15-22)18-24-16-23(20-10-4-1-5-11-20)17-26(29-24)21-12-6-2-7-13-21/h1-19H/b24-18-. The van der Waals surface area contributed by atoms with Crippen molar-refractivity contribution in [3.63, 3.8) is 0 Å². The number of rotatable bonds is 4. The molecule has 3 aromatic carbocycles. The van der Waals surface area contributed by atoms with Crippen molar-refractivity contribution >= 4 is 70.7 Å². The van der Waals surface area contributed by atoms with Crippen LogP contribution < -0.4 is 0 Å². The molecule has 0 aliphatic carbocycles. The van der Waals surface area contributed by atoms with Crippen LogP contribution in [0.1, 0.15) is 16.7 Å². The molecule has 0 spiro atoms. The van der Waals surface area contributed by atoms with Gasteiger partial charge in [-0.25, -0.2) is 0 Å². The maximum atomic E-state index is 2.58. The quantitative estimate of drug-likeness (QED) is 0.134. The van der Waals surface area contributed by atoms with E-state index in [9.17, 15) is 0 Å². The van der Waals surface area contributed by atoms with Crippen LogP contribution >= 0.6 is 50.4 Å². The van der Waals surface area contributed by atoms with Crippen LogP contribution in [0.3, 0.4) is 0 Å². The van der Waals surface area contributed by atoms with Gasteiger partial charge in [-0.3, -0.25) is 0 Å². The third kappa shape index (κ3) is 5.03. The van der Waals surface area contributed by atoms with Gasteiger partial charge >= 0.3 is 0 Å². The van der Waals surface area contributed by atoms with Crippen molar-refractivity contribution in [1.82, 2.24) is 0 Å². The summed E-state index contributed by atoms with van der Waals surface area (Å²) in [6.07, 6.45) is 9.38. The molecular weight excluding hydrogens is 547 g/mol. The Hall–Kier alpha value is -1.73. The fourth-order valence-corrected chi connectivity index (χ4v) is 9.72. The number of allylic oxidation sites excluding steroid dienone is 5. The molecule has 5 rings (SSSR count). The molecule has 1 unspecified atom stereocenters. The number of halogens is 1. The first-order valence-corrected chi connectivity index (χ1v) is 15.8. The lowest BCUT2D eigenvalue weighted by Crippen LogP contribution is -1.93. The molecule has 4 heteroatoms. The van der Waals surface area contributed by atoms with Gasteiger partial charge in [0.25, 0.3) is 0 Å². The van der Waals surface area contributed by atoms with Crippen molar-refractivity contribution < 1.29 is 0 Å². The maximum absolute atomic E-state index is 2.58. The van der Waals surface area contributed by atoms with Crippen molar-refractivity contribution in [2.24, 2.45) is 0 Å². The number of benzene rings is 3. The Morgan fingerprint density at radius 1 is 0.613 bits per heavy atom. The van der Waals surface area contributed by atoms with Crippen LogP contribution in [-0.4, -0.2) is 4.86 Å². The van der Waals surface area contributed by atoms with Crippen molar-refractivity contribution in [1.29, 1.82) is 0 Å². The Morgan fingerprint density at radius 2 is 1.16 bits per heavy atom. The summed E-state index contributed by atoms with van der Waals surface area (Å²) in [4.78, 5) is 5.33. The molecule has 0 radical (unpaired) electrons. The normalized spacial score (nSPS) is 19.8. The molecule has 3 aromatic rings. The van der Waals surface area contributed by atoms with Gasteiger partial charge in [-0.2, -0.15) is 0 Å². The highest BCUT2D eigenvalue weighted by atomic mass is 127. The van der Waals surface area contributed by atoms with Crippen molar-refractivity contribution in [2.75, 3.05) is 0 Å². The summed E-state index contributed by atoms with van der Waals surface area (Å²) in [6.45, 7) is 0.118. The maximum Gasteiger partial charge on any atom is 0.0269 e. The zero-order chi connectivity index (χ0) is 21.0. The second-order valence-electron chi connectivity index (χ2n) is 7.07. The molecule has 0 saturated carbocycles. The average molecular weight is 567 g/mol. The molecule has 2 heterocycles. The number of hydrogen-bond acceptors (Lipinski definition) is 2. The van der Waals surface area contributed by atoms with Crippen LogP contribution in [-0.2, 0) is 0 Å². The molecule has 0 N–H and O–H groups in total. The highest BCUT2D eigenvalue weighted by molar-refractivity contribution is 14.2. The van der Waals surface area contributed by atoms with Gasteiger partial charge in [0.05, 0.1) is 0 Å². The topological polar surface area (TPSA) is 0 Å². The van der Waals surface area contributed by atoms with E-state index in [-0.39, 0.29) is 6.69 Å². The first kappa shape index (κ1) is 21.1. The average Bonchev–Trinajstić information content (AvgIpc) is 3.20. The van der Waals surface area contributed by atoms with Crippen molar-refractivity contribution in [2.45, 2.75) is 0 Å². The van der Waals surface area contributed by atoms with Gasteiger partial charge in [-0.1, -0.05) is 120 Å². The van der Waals surface area contributed by atoms with Gasteiger partial charge in [-0.05, 0) is 46.6 Å². The van der Waals surface area contributed by atoms with Gasteiger partial charge in [0, 0.05) is 40.8 Å². The van der Waals surface area contributed by atoms with Crippen LogP contribution in [0, 0.1) is 0 Å². The first-order chi connectivity index (χ1) is 15.3. The molecule has 0 aromatic heterocycles. The Labute approximate surface area is 206 Å². The third-order valence-corrected chi connectivity index (χ3v) is 12.0. The van der Waals surface area contributed by atoms with Crippen molar-refractivity contribution in [3.05, 3.63) is 137 Å². The molecule has 0 nitrogen and oxygen atoms in total. The smallest absolute Gasteiger partial charge is 0.0269 e. The fraction of sp³-hybridized carbons (Fsp3) is 0. The fourth-order valence-electron chi connectivity index (χ4n) is 3.42. The number of hydrogen-bond donors (Lipinski definition) is 0. The van der Waals surface area contributed by atoms with E-state index in [4.69, 9.17) is 0 Å². The third-order valence-electron chi connectivity index (χ3n) is 4.94. The summed E-state index contributed by atoms with van der Waals surface area (Å²) < 4.78 is 0. The molecule has 1 atom stereocenters. The molecule has 31 heavy (non-hydrogen) atoms. The van der Waals surface area contributed by atoms with Gasteiger partial charge in [-0.15, -0.1) is 0 Å². The van der Waals surface area contributed by atoms with Crippen LogP contribution in [0.25, 0.3) is 15.4 Å². The molecule has 0 bridgehead atoms. The molecule has 0 amide bonds. The minimum Gasteiger partial charge on any atom is -0.0894 e. The lowest BCUT2D eigenvalue weighted by molar-refractivity contribution is 1.60. The number of thioether (sulfide) groups is 1. The Morgan fingerprint density at radius 3 is 1.77 bits per heavy atom. The van der Waals surface area contributed by atoms with E-state index in [1.807, 2.05) is 22.6 Å². The van der Waals surface area contributed by atoms with Crippen LogP contribution in [0.15, 0.2) is 120 Å². The van der Waals surface area contributed by atoms with E-state index < -0.39 is 0 Å². The van der Waals surface area contributed by atoms with Crippen LogP contribution in [0.4, 0.5) is 0 Å². The second-order valence-corrected chi connectivity index (χ2v) is 15.6. The van der Waals surface area contributed by atoms with Gasteiger partial charge in [0.15, 0.2) is 0 Å². The molecule has 2 aliphatic rings. The Balaban J connectivity index is 1.53. The summed E-state index contributed by atoms with van der Waals surface area (Å²) in [5.41, 5.74) is 5.08. The van der Waals surface area contributed by atoms with E-state index in [1.165, 1.54) is 41.8 Å². The zero-order valence-corrected chi connectivity index (χ0v) is 21.2. The Bertz CT molecular complexity index is 1250. The van der Waals surface area contributed by atoms with E-state index in [0.717, 1.165) is 0 Å². The SMILES string of the molecule is IS1=C(/C=C2/C=C(c3ccccc3)C=C(c3ccccc3)S2)C=C(c2ccccc2)S1. The minimum atomic E-state index is 0.118. The molecule has 0 saturated heterocycles. The summed E-state index contributed by atoms with van der Waals surface area (Å²) in [5.74, 6) is 0. The summed E-state index contributed by atoms with van der Waals surface area (Å²) in [7, 11) is 1.96. The lowest BCUT2D eigenvalue weighted by atomic mass is 10.0. The van der Waals surface area contributed by atoms with Crippen molar-refractivity contribution in [3.8, 4) is 0 Å². The summed E-state index contributed by atoms with van der Waals surface area (Å²) in [6, 6.07) is 32.0. The second kappa shape index (κ2) is 9.82. The molecule has 152 valence electrons. The molecule has 2 aliphatic heterocycles. The summed E-state index contributed by atoms with van der Waals surface area (Å²) >= 11 is 4.43. The monoisotopic (exact) mass is 566 g/mol.